The van der Waals surface area contributed by atoms with Gasteiger partial charge in [0.05, 0.1) is 9.83 Å². The molecule has 1 saturated heterocycles. The monoisotopic (exact) mass is 457 g/mol. The van der Waals surface area contributed by atoms with E-state index in [1.807, 2.05) is 6.07 Å². The van der Waals surface area contributed by atoms with Crippen LogP contribution in [0.4, 0.5) is 5.69 Å². The number of benzene rings is 2. The van der Waals surface area contributed by atoms with E-state index >= 15 is 0 Å². The van der Waals surface area contributed by atoms with E-state index in [1.165, 1.54) is 34.9 Å². The van der Waals surface area contributed by atoms with Crippen LogP contribution in [0, 0.1) is 10.1 Å². The molecular formula is C20H15N3O6S2. The molecule has 2 amide bonds. The number of ether oxygens (including phenoxy) is 2. The molecule has 1 fully saturated rings. The number of thiocarbonyl (C=S) groups is 1. The first-order valence-electron chi connectivity index (χ1n) is 9.10. The summed E-state index contributed by atoms with van der Waals surface area (Å²) in [6.45, 7) is 0.406. The number of carbonyl (C=O) groups is 2. The lowest BCUT2D eigenvalue weighted by atomic mass is 10.1. The molecule has 4 rings (SSSR count). The highest BCUT2D eigenvalue weighted by atomic mass is 32.2. The van der Waals surface area contributed by atoms with Crippen LogP contribution in [-0.4, -0.2) is 45.8 Å². The molecular weight excluding hydrogens is 442 g/mol. The Bertz CT molecular complexity index is 1130. The Hall–Kier alpha value is -3.44. The minimum absolute atomic E-state index is 0.0411. The van der Waals surface area contributed by atoms with Crippen LogP contribution in [0.2, 0.25) is 0 Å². The summed E-state index contributed by atoms with van der Waals surface area (Å²) in [4.78, 5) is 37.4. The molecule has 0 radical (unpaired) electrons. The van der Waals surface area contributed by atoms with Gasteiger partial charge in [0.15, 0.2) is 11.5 Å². The van der Waals surface area contributed by atoms with E-state index in [9.17, 15) is 19.7 Å². The molecule has 0 saturated carbocycles. The van der Waals surface area contributed by atoms with Crippen LogP contribution in [0.25, 0.3) is 6.08 Å². The average Bonchev–Trinajstić information content (AvgIpc) is 3.33. The smallest absolute Gasteiger partial charge is 0.282 e. The minimum Gasteiger partial charge on any atom is -0.454 e. The van der Waals surface area contributed by atoms with Crippen LogP contribution >= 0.6 is 24.0 Å². The van der Waals surface area contributed by atoms with Crippen molar-refractivity contribution in [2.45, 2.75) is 0 Å². The van der Waals surface area contributed by atoms with Crippen molar-refractivity contribution in [2.75, 3.05) is 19.9 Å². The zero-order valence-electron chi connectivity index (χ0n) is 15.9. The molecule has 2 aliphatic heterocycles. The number of nitrogens with one attached hydrogen (secondary N) is 1. The summed E-state index contributed by atoms with van der Waals surface area (Å²) >= 11 is 6.46. The largest absolute Gasteiger partial charge is 0.454 e. The highest BCUT2D eigenvalue weighted by Crippen LogP contribution is 2.36. The van der Waals surface area contributed by atoms with Gasteiger partial charge in [0, 0.05) is 19.2 Å². The second kappa shape index (κ2) is 8.74. The maximum absolute atomic E-state index is 12.7. The van der Waals surface area contributed by atoms with Gasteiger partial charge < -0.3 is 14.8 Å². The van der Waals surface area contributed by atoms with Crippen LogP contribution < -0.4 is 14.8 Å². The molecule has 158 valence electrons. The number of nitro benzene ring substituents is 1. The molecule has 0 aromatic heterocycles. The first kappa shape index (κ1) is 20.8. The van der Waals surface area contributed by atoms with Gasteiger partial charge in [0.2, 0.25) is 6.79 Å². The Balaban J connectivity index is 1.39. The maximum Gasteiger partial charge on any atom is 0.282 e. The second-order valence-electron chi connectivity index (χ2n) is 6.48. The quantitative estimate of drug-likeness (QED) is 0.305. The maximum atomic E-state index is 12.7. The number of rotatable bonds is 6. The Morgan fingerprint density at radius 2 is 2.03 bits per heavy atom. The van der Waals surface area contributed by atoms with Gasteiger partial charge in [-0.2, -0.15) is 0 Å². The minimum atomic E-state index is -0.613. The lowest BCUT2D eigenvalue weighted by Crippen LogP contribution is -2.37. The van der Waals surface area contributed by atoms with Crippen molar-refractivity contribution in [3.05, 3.63) is 68.6 Å². The Kier molecular flexibility index (Phi) is 5.87. The Morgan fingerprint density at radius 1 is 1.26 bits per heavy atom. The topological polar surface area (TPSA) is 111 Å². The number of carbonyl (C=O) groups excluding carboxylic acids is 2. The number of amides is 2. The number of nitrogens with zero attached hydrogens (tertiary/aromatic N) is 2. The third-order valence-electron chi connectivity index (χ3n) is 4.53. The van der Waals surface area contributed by atoms with E-state index in [-0.39, 0.29) is 37.0 Å². The fourth-order valence-corrected chi connectivity index (χ4v) is 4.36. The number of hydrogen-bond donors (Lipinski definition) is 1. The number of hydrogen-bond acceptors (Lipinski definition) is 8. The predicted octanol–water partition coefficient (Wildman–Crippen LogP) is 2.95. The number of fused-ring (bicyclic) bond motifs is 1. The number of para-hydroxylation sites is 1. The fraction of sp³-hybridized carbons (Fsp3) is 0.150. The van der Waals surface area contributed by atoms with Gasteiger partial charge in [0.1, 0.15) is 9.88 Å². The predicted molar refractivity (Wildman–Crippen MR) is 118 cm³/mol. The van der Waals surface area contributed by atoms with Gasteiger partial charge in [-0.3, -0.25) is 24.6 Å². The zero-order valence-corrected chi connectivity index (χ0v) is 17.5. The fourth-order valence-electron chi connectivity index (χ4n) is 3.05. The first-order chi connectivity index (χ1) is 14.9. The summed E-state index contributed by atoms with van der Waals surface area (Å²) in [5.74, 6) is 0.405. The van der Waals surface area contributed by atoms with Crippen molar-refractivity contribution in [3.63, 3.8) is 0 Å². The van der Waals surface area contributed by atoms with Gasteiger partial charge in [-0.15, -0.1) is 0 Å². The molecule has 0 aliphatic carbocycles. The van der Waals surface area contributed by atoms with E-state index in [2.05, 4.69) is 5.32 Å². The van der Waals surface area contributed by atoms with Crippen LogP contribution in [0.1, 0.15) is 15.9 Å². The summed E-state index contributed by atoms with van der Waals surface area (Å²) in [5, 5.41) is 13.7. The van der Waals surface area contributed by atoms with Crippen LogP contribution in [0.3, 0.4) is 0 Å². The van der Waals surface area contributed by atoms with Crippen molar-refractivity contribution in [1.29, 1.82) is 0 Å². The molecule has 2 aromatic carbocycles. The SMILES string of the molecule is O=C(NCCN1C(=O)/C(=C/c2ccc3c(c2)OCO3)SC1=S)c1ccccc1[N+](=O)[O-]. The Morgan fingerprint density at radius 3 is 2.84 bits per heavy atom. The van der Waals surface area contributed by atoms with E-state index in [0.717, 1.165) is 5.56 Å². The molecule has 1 N–H and O–H groups in total. The summed E-state index contributed by atoms with van der Waals surface area (Å²) in [6.07, 6.45) is 1.72. The highest BCUT2D eigenvalue weighted by molar-refractivity contribution is 8.26. The summed E-state index contributed by atoms with van der Waals surface area (Å²) in [5.41, 5.74) is 0.451. The molecule has 2 heterocycles. The van der Waals surface area contributed by atoms with Gasteiger partial charge in [-0.1, -0.05) is 42.2 Å². The molecule has 0 spiro atoms. The second-order valence-corrected chi connectivity index (χ2v) is 8.15. The van der Waals surface area contributed by atoms with Crippen molar-refractivity contribution in [3.8, 4) is 11.5 Å². The normalized spacial score (nSPS) is 16.1. The van der Waals surface area contributed by atoms with Gasteiger partial charge in [-0.25, -0.2) is 0 Å². The number of thioether (sulfide) groups is 1. The van der Waals surface area contributed by atoms with E-state index in [0.29, 0.717) is 20.7 Å². The lowest BCUT2D eigenvalue weighted by Gasteiger charge is -2.14. The van der Waals surface area contributed by atoms with Crippen molar-refractivity contribution in [2.24, 2.45) is 0 Å². The highest BCUT2D eigenvalue weighted by Gasteiger charge is 2.32. The van der Waals surface area contributed by atoms with Crippen LogP contribution in [0.15, 0.2) is 47.4 Å². The molecule has 11 heteroatoms. The molecule has 2 aromatic rings. The zero-order chi connectivity index (χ0) is 22.0. The van der Waals surface area contributed by atoms with E-state index in [1.54, 1.807) is 24.3 Å². The number of nitro groups is 1. The summed E-state index contributed by atoms with van der Waals surface area (Å²) in [7, 11) is 0. The molecule has 0 unspecified atom stereocenters. The molecule has 9 nitrogen and oxygen atoms in total. The van der Waals surface area contributed by atoms with E-state index < -0.39 is 10.8 Å². The van der Waals surface area contributed by atoms with Crippen LogP contribution in [0.5, 0.6) is 11.5 Å². The third-order valence-corrected chi connectivity index (χ3v) is 5.91. The summed E-state index contributed by atoms with van der Waals surface area (Å²) in [6, 6.07) is 11.0. The van der Waals surface area contributed by atoms with Gasteiger partial charge in [0.25, 0.3) is 17.5 Å². The Labute approximate surface area is 186 Å². The lowest BCUT2D eigenvalue weighted by molar-refractivity contribution is -0.385. The van der Waals surface area contributed by atoms with Crippen molar-refractivity contribution in [1.82, 2.24) is 10.2 Å². The van der Waals surface area contributed by atoms with E-state index in [4.69, 9.17) is 21.7 Å². The standard InChI is InChI=1S/C20H15N3O6S2/c24-18(13-3-1-2-4-14(13)23(26)27)21-7-8-22-19(25)17(31-20(22)30)10-12-5-6-15-16(9-12)29-11-28-15/h1-6,9-10H,7-8,11H2,(H,21,24)/b17-10-. The van der Waals surface area contributed by atoms with Gasteiger partial charge in [-0.05, 0) is 29.8 Å². The molecule has 0 bridgehead atoms. The third kappa shape index (κ3) is 4.37. The van der Waals surface area contributed by atoms with Gasteiger partial charge >= 0.3 is 0 Å². The van der Waals surface area contributed by atoms with Crippen molar-refractivity contribution >= 4 is 51.9 Å². The first-order valence-corrected chi connectivity index (χ1v) is 10.3. The molecule has 0 atom stereocenters. The van der Waals surface area contributed by atoms with Crippen molar-refractivity contribution < 1.29 is 24.0 Å². The summed E-state index contributed by atoms with van der Waals surface area (Å²) < 4.78 is 11.0. The van der Waals surface area contributed by atoms with Crippen LogP contribution in [-0.2, 0) is 4.79 Å². The molecule has 31 heavy (non-hydrogen) atoms. The average molecular weight is 457 g/mol. The molecule has 2 aliphatic rings.